The summed E-state index contributed by atoms with van der Waals surface area (Å²) in [6, 6.07) is 0. The first kappa shape index (κ1) is 11.0. The molecule has 3 heteroatoms. The van der Waals surface area contributed by atoms with E-state index in [0.717, 1.165) is 13.0 Å². The van der Waals surface area contributed by atoms with Gasteiger partial charge in [0.15, 0.2) is 0 Å². The van der Waals surface area contributed by atoms with Crippen molar-refractivity contribution in [1.82, 2.24) is 5.32 Å². The van der Waals surface area contributed by atoms with Crippen molar-refractivity contribution in [3.05, 3.63) is 11.8 Å². The van der Waals surface area contributed by atoms with E-state index in [9.17, 15) is 4.79 Å². The summed E-state index contributed by atoms with van der Waals surface area (Å²) in [5.74, 6) is 0.518. The van der Waals surface area contributed by atoms with Crippen molar-refractivity contribution in [1.29, 1.82) is 0 Å². The lowest BCUT2D eigenvalue weighted by molar-refractivity contribution is -0.116. The third kappa shape index (κ3) is 7.12. The van der Waals surface area contributed by atoms with E-state index in [1.807, 2.05) is 0 Å². The second kappa shape index (κ2) is 5.63. The molecule has 0 saturated heterocycles. The van der Waals surface area contributed by atoms with Gasteiger partial charge in [-0.1, -0.05) is 13.8 Å². The largest absolute Gasteiger partial charge is 0.402 e. The van der Waals surface area contributed by atoms with Gasteiger partial charge in [-0.2, -0.15) is 0 Å². The van der Waals surface area contributed by atoms with Gasteiger partial charge < -0.3 is 11.1 Å². The van der Waals surface area contributed by atoms with Crippen molar-refractivity contribution in [2.45, 2.75) is 27.2 Å². The van der Waals surface area contributed by atoms with Gasteiger partial charge in [-0.25, -0.2) is 0 Å². The number of rotatable bonds is 4. The molecule has 0 spiro atoms. The van der Waals surface area contributed by atoms with Crippen molar-refractivity contribution in [3.8, 4) is 0 Å². The fourth-order valence-corrected chi connectivity index (χ4v) is 0.742. The Morgan fingerprint density at radius 3 is 2.58 bits per heavy atom. The van der Waals surface area contributed by atoms with Gasteiger partial charge in [-0.3, -0.25) is 4.79 Å². The Kier molecular flexibility index (Phi) is 5.17. The molecular weight excluding hydrogens is 152 g/mol. The number of carbonyl (C=O) groups is 1. The number of allylic oxidation sites excluding steroid dienone is 1. The van der Waals surface area contributed by atoms with Crippen molar-refractivity contribution in [3.63, 3.8) is 0 Å². The number of hydrogen-bond donors (Lipinski definition) is 2. The lowest BCUT2D eigenvalue weighted by Crippen LogP contribution is -2.24. The average molecular weight is 170 g/mol. The van der Waals surface area contributed by atoms with Crippen molar-refractivity contribution >= 4 is 5.91 Å². The lowest BCUT2D eigenvalue weighted by Gasteiger charge is -2.04. The Morgan fingerprint density at radius 2 is 2.17 bits per heavy atom. The third-order valence-corrected chi connectivity index (χ3v) is 1.38. The highest BCUT2D eigenvalue weighted by Crippen LogP contribution is 1.96. The summed E-state index contributed by atoms with van der Waals surface area (Å²) >= 11 is 0. The van der Waals surface area contributed by atoms with Crippen LogP contribution >= 0.6 is 0 Å². The van der Waals surface area contributed by atoms with E-state index in [-0.39, 0.29) is 5.91 Å². The third-order valence-electron chi connectivity index (χ3n) is 1.38. The van der Waals surface area contributed by atoms with Crippen LogP contribution in [0.1, 0.15) is 27.2 Å². The first-order valence-electron chi connectivity index (χ1n) is 4.24. The first-order chi connectivity index (χ1) is 5.52. The van der Waals surface area contributed by atoms with Crippen LogP contribution in [-0.2, 0) is 4.79 Å². The van der Waals surface area contributed by atoms with Gasteiger partial charge in [0.25, 0.3) is 0 Å². The summed E-state index contributed by atoms with van der Waals surface area (Å²) in [5.41, 5.74) is 5.86. The molecular formula is C9H18N2O. The molecule has 3 N–H and O–H groups in total. The second-order valence-corrected chi connectivity index (χ2v) is 3.36. The summed E-state index contributed by atoms with van der Waals surface area (Å²) in [6.07, 6.45) is 2.41. The van der Waals surface area contributed by atoms with Crippen molar-refractivity contribution < 1.29 is 4.79 Å². The predicted molar refractivity (Wildman–Crippen MR) is 50.4 cm³/mol. The van der Waals surface area contributed by atoms with E-state index < -0.39 is 0 Å². The maximum Gasteiger partial charge on any atom is 0.245 e. The van der Waals surface area contributed by atoms with E-state index in [1.165, 1.54) is 6.08 Å². The fourth-order valence-electron chi connectivity index (χ4n) is 0.742. The topological polar surface area (TPSA) is 55.1 Å². The molecule has 0 aliphatic rings. The van der Waals surface area contributed by atoms with Crippen molar-refractivity contribution in [2.75, 3.05) is 6.54 Å². The second-order valence-electron chi connectivity index (χ2n) is 3.36. The van der Waals surface area contributed by atoms with Crippen LogP contribution in [0.4, 0.5) is 0 Å². The van der Waals surface area contributed by atoms with Crippen molar-refractivity contribution in [2.24, 2.45) is 11.7 Å². The molecule has 0 aromatic rings. The van der Waals surface area contributed by atoms with E-state index in [1.54, 1.807) is 6.92 Å². The molecule has 0 aromatic heterocycles. The highest BCUT2D eigenvalue weighted by Gasteiger charge is 1.97. The Balaban J connectivity index is 3.52. The summed E-state index contributed by atoms with van der Waals surface area (Å²) in [5, 5.41) is 2.75. The van der Waals surface area contributed by atoms with Crippen LogP contribution in [0.2, 0.25) is 0 Å². The highest BCUT2D eigenvalue weighted by atomic mass is 16.1. The van der Waals surface area contributed by atoms with Gasteiger partial charge in [-0.15, -0.1) is 0 Å². The normalized spacial score (nSPS) is 11.8. The molecule has 3 nitrogen and oxygen atoms in total. The van der Waals surface area contributed by atoms with E-state index >= 15 is 0 Å². The number of nitrogens with one attached hydrogen (secondary N) is 1. The maximum atomic E-state index is 11.0. The molecule has 0 fully saturated rings. The minimum atomic E-state index is -0.101. The van der Waals surface area contributed by atoms with Gasteiger partial charge in [0.1, 0.15) is 0 Å². The number of amides is 1. The Morgan fingerprint density at radius 1 is 1.58 bits per heavy atom. The van der Waals surface area contributed by atoms with Crippen LogP contribution in [0.3, 0.4) is 0 Å². The molecule has 1 amide bonds. The SMILES string of the molecule is CC(N)=CC(=O)NCCC(C)C. The molecule has 0 aliphatic heterocycles. The number of nitrogens with two attached hydrogens (primary N) is 1. The molecule has 0 rings (SSSR count). The van der Waals surface area contributed by atoms with Gasteiger partial charge in [-0.05, 0) is 19.3 Å². The number of carbonyl (C=O) groups excluding carboxylic acids is 1. The minimum absolute atomic E-state index is 0.101. The Labute approximate surface area is 74.0 Å². The molecule has 0 heterocycles. The fraction of sp³-hybridized carbons (Fsp3) is 0.667. The first-order valence-corrected chi connectivity index (χ1v) is 4.24. The predicted octanol–water partition coefficient (Wildman–Crippen LogP) is 1.01. The quantitative estimate of drug-likeness (QED) is 0.619. The summed E-state index contributed by atoms with van der Waals surface area (Å²) in [4.78, 5) is 11.0. The van der Waals surface area contributed by atoms with Gasteiger partial charge >= 0.3 is 0 Å². The van der Waals surface area contributed by atoms with Crippen LogP contribution in [0.5, 0.6) is 0 Å². The Hall–Kier alpha value is -0.990. The van der Waals surface area contributed by atoms with Crippen LogP contribution in [-0.4, -0.2) is 12.5 Å². The van der Waals surface area contributed by atoms with E-state index in [2.05, 4.69) is 19.2 Å². The molecule has 0 radical (unpaired) electrons. The van der Waals surface area contributed by atoms with Crippen LogP contribution in [0.15, 0.2) is 11.8 Å². The summed E-state index contributed by atoms with van der Waals surface area (Å²) in [7, 11) is 0. The zero-order valence-corrected chi connectivity index (χ0v) is 8.05. The van der Waals surface area contributed by atoms with E-state index in [0.29, 0.717) is 11.6 Å². The lowest BCUT2D eigenvalue weighted by atomic mass is 10.1. The molecule has 0 aliphatic carbocycles. The molecule has 0 unspecified atom stereocenters. The molecule has 0 aromatic carbocycles. The molecule has 0 bridgehead atoms. The van der Waals surface area contributed by atoms with Crippen LogP contribution in [0.25, 0.3) is 0 Å². The molecule has 0 saturated carbocycles. The van der Waals surface area contributed by atoms with Crippen LogP contribution < -0.4 is 11.1 Å². The molecule has 0 atom stereocenters. The zero-order valence-electron chi connectivity index (χ0n) is 8.05. The Bertz CT molecular complexity index is 169. The smallest absolute Gasteiger partial charge is 0.245 e. The highest BCUT2D eigenvalue weighted by molar-refractivity contribution is 5.87. The van der Waals surface area contributed by atoms with Gasteiger partial charge in [0.05, 0.1) is 0 Å². The zero-order chi connectivity index (χ0) is 9.56. The monoisotopic (exact) mass is 170 g/mol. The summed E-state index contributed by atoms with van der Waals surface area (Å²) < 4.78 is 0. The number of hydrogen-bond acceptors (Lipinski definition) is 2. The maximum absolute atomic E-state index is 11.0. The average Bonchev–Trinajstić information content (AvgIpc) is 1.84. The van der Waals surface area contributed by atoms with Gasteiger partial charge in [0.2, 0.25) is 5.91 Å². The van der Waals surface area contributed by atoms with Gasteiger partial charge in [0, 0.05) is 18.3 Å². The molecule has 12 heavy (non-hydrogen) atoms. The van der Waals surface area contributed by atoms with E-state index in [4.69, 9.17) is 5.73 Å². The molecule has 70 valence electrons. The minimum Gasteiger partial charge on any atom is -0.402 e. The van der Waals surface area contributed by atoms with Crippen LogP contribution in [0, 0.1) is 5.92 Å². The standard InChI is InChI=1S/C9H18N2O/c1-7(2)4-5-11-9(12)6-8(3)10/h6-7H,4-5,10H2,1-3H3,(H,11,12). The summed E-state index contributed by atoms with van der Waals surface area (Å²) in [6.45, 7) is 6.66.